The molecule has 1 aromatic rings. The van der Waals surface area contributed by atoms with Crippen molar-refractivity contribution >= 4 is 11.6 Å². The van der Waals surface area contributed by atoms with Crippen LogP contribution < -0.4 is 0 Å². The number of hydrogen-bond donors (Lipinski definition) is 1. The first-order valence-electron chi connectivity index (χ1n) is 4.66. The lowest BCUT2D eigenvalue weighted by molar-refractivity contribution is -0.137. The van der Waals surface area contributed by atoms with Crippen LogP contribution in [-0.2, 0) is 11.6 Å². The summed E-state index contributed by atoms with van der Waals surface area (Å²) >= 11 is 5.83. The molecule has 0 saturated heterocycles. The van der Waals surface area contributed by atoms with Crippen molar-refractivity contribution in [2.45, 2.75) is 25.4 Å². The number of benzene rings is 1. The minimum absolute atomic E-state index is 0.229. The largest absolute Gasteiger partial charge is 0.416 e. The fourth-order valence-corrected chi connectivity index (χ4v) is 1.68. The lowest BCUT2D eigenvalue weighted by atomic mass is 9.84. The van der Waals surface area contributed by atoms with Gasteiger partial charge in [0.1, 0.15) is 0 Å². The molecule has 16 heavy (non-hydrogen) atoms. The molecule has 0 heterocycles. The van der Waals surface area contributed by atoms with Gasteiger partial charge in [0.2, 0.25) is 0 Å². The molecule has 0 atom stereocenters. The number of alkyl halides is 3. The fourth-order valence-electron chi connectivity index (χ4n) is 1.31. The molecule has 0 aliphatic rings. The van der Waals surface area contributed by atoms with E-state index in [0.29, 0.717) is 5.56 Å². The molecule has 0 aliphatic carbocycles. The Hall–Kier alpha value is -0.740. The maximum atomic E-state index is 12.5. The van der Waals surface area contributed by atoms with E-state index in [-0.39, 0.29) is 11.6 Å². The Kier molecular flexibility index (Phi) is 3.55. The normalized spacial score (nSPS) is 12.9. The summed E-state index contributed by atoms with van der Waals surface area (Å²) < 4.78 is 37.5. The quantitative estimate of drug-likeness (QED) is 0.852. The lowest BCUT2D eigenvalue weighted by Gasteiger charge is -2.24. The van der Waals surface area contributed by atoms with Gasteiger partial charge in [-0.05, 0) is 23.8 Å². The molecule has 0 saturated carbocycles. The third-order valence-corrected chi connectivity index (χ3v) is 2.75. The minimum Gasteiger partial charge on any atom is -0.395 e. The molecular formula is C11H12ClF3O. The monoisotopic (exact) mass is 252 g/mol. The lowest BCUT2D eigenvalue weighted by Crippen LogP contribution is -2.23. The molecule has 0 aliphatic heterocycles. The highest BCUT2D eigenvalue weighted by atomic mass is 35.5. The van der Waals surface area contributed by atoms with Crippen LogP contribution in [0.2, 0.25) is 5.02 Å². The van der Waals surface area contributed by atoms with Gasteiger partial charge in [-0.1, -0.05) is 25.4 Å². The number of halogens is 4. The first-order valence-corrected chi connectivity index (χ1v) is 5.04. The predicted molar refractivity (Wildman–Crippen MR) is 56.6 cm³/mol. The Labute approximate surface area is 96.9 Å². The van der Waals surface area contributed by atoms with Gasteiger partial charge >= 0.3 is 6.18 Å². The van der Waals surface area contributed by atoms with E-state index in [1.165, 1.54) is 6.07 Å². The third kappa shape index (κ3) is 2.68. The Bertz CT molecular complexity index is 385. The molecule has 5 heteroatoms. The SMILES string of the molecule is CC(C)(CO)c1cc(C(F)(F)F)ccc1Cl. The second-order valence-corrected chi connectivity index (χ2v) is 4.64. The van der Waals surface area contributed by atoms with Crippen LogP contribution >= 0.6 is 11.6 Å². The van der Waals surface area contributed by atoms with E-state index in [4.69, 9.17) is 16.7 Å². The molecule has 0 fully saturated rings. The Morgan fingerprint density at radius 1 is 1.25 bits per heavy atom. The average molecular weight is 253 g/mol. The topological polar surface area (TPSA) is 20.2 Å². The number of rotatable bonds is 2. The molecular weight excluding hydrogens is 241 g/mol. The van der Waals surface area contributed by atoms with Crippen LogP contribution in [0.1, 0.15) is 25.0 Å². The van der Waals surface area contributed by atoms with Crippen LogP contribution in [0.25, 0.3) is 0 Å². The Balaban J connectivity index is 3.30. The molecule has 0 unspecified atom stereocenters. The van der Waals surface area contributed by atoms with Gasteiger partial charge in [-0.25, -0.2) is 0 Å². The summed E-state index contributed by atoms with van der Waals surface area (Å²) in [7, 11) is 0. The molecule has 1 N–H and O–H groups in total. The van der Waals surface area contributed by atoms with Crippen LogP contribution in [0.5, 0.6) is 0 Å². The van der Waals surface area contributed by atoms with E-state index >= 15 is 0 Å². The summed E-state index contributed by atoms with van der Waals surface area (Å²) in [6.45, 7) is 3.00. The van der Waals surface area contributed by atoms with E-state index in [0.717, 1.165) is 12.1 Å². The number of hydrogen-bond acceptors (Lipinski definition) is 1. The first-order chi connectivity index (χ1) is 7.18. The van der Waals surface area contributed by atoms with E-state index in [1.54, 1.807) is 13.8 Å². The average Bonchev–Trinajstić information content (AvgIpc) is 2.16. The van der Waals surface area contributed by atoms with Crippen molar-refractivity contribution in [3.63, 3.8) is 0 Å². The van der Waals surface area contributed by atoms with Crippen molar-refractivity contribution in [3.8, 4) is 0 Å². The molecule has 0 amide bonds. The molecule has 0 bridgehead atoms. The molecule has 0 radical (unpaired) electrons. The summed E-state index contributed by atoms with van der Waals surface area (Å²) in [5.41, 5.74) is -1.25. The molecule has 1 aromatic carbocycles. The first kappa shape index (κ1) is 13.3. The Morgan fingerprint density at radius 2 is 1.81 bits per heavy atom. The Morgan fingerprint density at radius 3 is 2.25 bits per heavy atom. The van der Waals surface area contributed by atoms with Crippen LogP contribution in [-0.4, -0.2) is 11.7 Å². The molecule has 0 spiro atoms. The summed E-state index contributed by atoms with van der Waals surface area (Å²) in [5.74, 6) is 0. The van der Waals surface area contributed by atoms with Crippen LogP contribution in [0.3, 0.4) is 0 Å². The minimum atomic E-state index is -4.40. The smallest absolute Gasteiger partial charge is 0.395 e. The van der Waals surface area contributed by atoms with Gasteiger partial charge in [0.15, 0.2) is 0 Å². The number of aliphatic hydroxyl groups is 1. The van der Waals surface area contributed by atoms with Crippen molar-refractivity contribution in [2.75, 3.05) is 6.61 Å². The highest BCUT2D eigenvalue weighted by Gasteiger charge is 2.33. The third-order valence-electron chi connectivity index (χ3n) is 2.42. The summed E-state index contributed by atoms with van der Waals surface area (Å²) in [5, 5.41) is 9.35. The van der Waals surface area contributed by atoms with Gasteiger partial charge in [-0.15, -0.1) is 0 Å². The summed E-state index contributed by atoms with van der Waals surface area (Å²) in [6, 6.07) is 3.12. The highest BCUT2D eigenvalue weighted by Crippen LogP contribution is 2.36. The van der Waals surface area contributed by atoms with Crippen LogP contribution in [0, 0.1) is 0 Å². The van der Waals surface area contributed by atoms with Gasteiger partial charge in [-0.3, -0.25) is 0 Å². The highest BCUT2D eigenvalue weighted by molar-refractivity contribution is 6.31. The van der Waals surface area contributed by atoms with E-state index in [2.05, 4.69) is 0 Å². The maximum Gasteiger partial charge on any atom is 0.416 e. The van der Waals surface area contributed by atoms with Gasteiger partial charge in [0.25, 0.3) is 0 Å². The van der Waals surface area contributed by atoms with Crippen LogP contribution in [0.4, 0.5) is 13.2 Å². The molecule has 90 valence electrons. The molecule has 0 aromatic heterocycles. The van der Waals surface area contributed by atoms with Gasteiger partial charge in [0.05, 0.1) is 12.2 Å². The second kappa shape index (κ2) is 4.26. The van der Waals surface area contributed by atoms with Crippen molar-refractivity contribution in [1.82, 2.24) is 0 Å². The van der Waals surface area contributed by atoms with Gasteiger partial charge in [-0.2, -0.15) is 13.2 Å². The molecule has 1 nitrogen and oxygen atoms in total. The maximum absolute atomic E-state index is 12.5. The second-order valence-electron chi connectivity index (χ2n) is 4.23. The van der Waals surface area contributed by atoms with Gasteiger partial charge in [0, 0.05) is 10.4 Å². The fraction of sp³-hybridized carbons (Fsp3) is 0.455. The zero-order chi connectivity index (χ0) is 12.6. The van der Waals surface area contributed by atoms with Crippen molar-refractivity contribution in [3.05, 3.63) is 34.3 Å². The predicted octanol–water partition coefficient (Wildman–Crippen LogP) is 3.63. The van der Waals surface area contributed by atoms with Crippen molar-refractivity contribution in [1.29, 1.82) is 0 Å². The molecule has 1 rings (SSSR count). The van der Waals surface area contributed by atoms with Crippen molar-refractivity contribution in [2.24, 2.45) is 0 Å². The number of aliphatic hydroxyl groups excluding tert-OH is 1. The van der Waals surface area contributed by atoms with E-state index < -0.39 is 17.2 Å². The van der Waals surface area contributed by atoms with Gasteiger partial charge < -0.3 is 5.11 Å². The zero-order valence-electron chi connectivity index (χ0n) is 8.90. The van der Waals surface area contributed by atoms with Crippen molar-refractivity contribution < 1.29 is 18.3 Å². The zero-order valence-corrected chi connectivity index (χ0v) is 9.65. The standard InChI is InChI=1S/C11H12ClF3O/c1-10(2,6-16)8-5-7(11(13,14)15)3-4-9(8)12/h3-5,16H,6H2,1-2H3. The van der Waals surface area contributed by atoms with E-state index in [1.807, 2.05) is 0 Å². The summed E-state index contributed by atoms with van der Waals surface area (Å²) in [4.78, 5) is 0. The van der Waals surface area contributed by atoms with E-state index in [9.17, 15) is 13.2 Å². The summed E-state index contributed by atoms with van der Waals surface area (Å²) in [6.07, 6.45) is -4.40. The van der Waals surface area contributed by atoms with Crippen LogP contribution in [0.15, 0.2) is 18.2 Å².